The molecule has 6 nitrogen and oxygen atoms in total. The maximum Gasteiger partial charge on any atom is 0.255 e. The molecule has 3 heterocycles. The number of amides is 1. The summed E-state index contributed by atoms with van der Waals surface area (Å²) in [5.41, 5.74) is 3.27. The quantitative estimate of drug-likeness (QED) is 0.779. The third-order valence-electron chi connectivity index (χ3n) is 4.22. The summed E-state index contributed by atoms with van der Waals surface area (Å²) in [6.07, 6.45) is 6.93. The van der Waals surface area contributed by atoms with Crippen LogP contribution < -0.4 is 5.32 Å². The fourth-order valence-electron chi connectivity index (χ4n) is 2.98. The van der Waals surface area contributed by atoms with Crippen LogP contribution in [0.4, 0.5) is 0 Å². The van der Waals surface area contributed by atoms with Gasteiger partial charge in [0.15, 0.2) is 0 Å². The Hall–Kier alpha value is -3.15. The maximum atomic E-state index is 12.4. The fourth-order valence-corrected chi connectivity index (χ4v) is 2.98. The van der Waals surface area contributed by atoms with Gasteiger partial charge in [-0.05, 0) is 17.7 Å². The molecule has 0 aliphatic carbocycles. The van der Waals surface area contributed by atoms with Gasteiger partial charge in [-0.1, -0.05) is 35.5 Å². The van der Waals surface area contributed by atoms with Gasteiger partial charge in [-0.3, -0.25) is 4.79 Å². The molecular weight excluding hydrogens is 316 g/mol. The number of imidazole rings is 1. The van der Waals surface area contributed by atoms with Gasteiger partial charge < -0.3 is 14.6 Å². The molecule has 126 valence electrons. The van der Waals surface area contributed by atoms with Gasteiger partial charge in [-0.15, -0.1) is 0 Å². The predicted octanol–water partition coefficient (Wildman–Crippen LogP) is 2.45. The van der Waals surface area contributed by atoms with E-state index in [-0.39, 0.29) is 12.0 Å². The molecule has 0 bridgehead atoms. The number of pyridine rings is 1. The second-order valence-electron chi connectivity index (χ2n) is 6.04. The summed E-state index contributed by atoms with van der Waals surface area (Å²) >= 11 is 0. The molecule has 0 spiro atoms. The number of nitrogens with one attached hydrogen (secondary N) is 1. The molecule has 1 aliphatic rings. The van der Waals surface area contributed by atoms with E-state index in [1.54, 1.807) is 12.3 Å². The van der Waals surface area contributed by atoms with E-state index >= 15 is 0 Å². The average Bonchev–Trinajstić information content (AvgIpc) is 3.29. The first-order chi connectivity index (χ1) is 12.3. The Kier molecular flexibility index (Phi) is 4.16. The highest BCUT2D eigenvalue weighted by molar-refractivity contribution is 6.02. The molecule has 0 saturated heterocycles. The Bertz CT molecular complexity index is 917. The molecule has 1 N–H and O–H groups in total. The second-order valence-corrected chi connectivity index (χ2v) is 6.04. The molecule has 1 atom stereocenters. The van der Waals surface area contributed by atoms with Crippen LogP contribution in [0.25, 0.3) is 5.65 Å². The number of carbonyl (C=O) groups is 1. The minimum Gasteiger partial charge on any atom is -0.392 e. The highest BCUT2D eigenvalue weighted by Crippen LogP contribution is 2.16. The zero-order chi connectivity index (χ0) is 17.1. The Labute approximate surface area is 145 Å². The van der Waals surface area contributed by atoms with E-state index in [1.807, 2.05) is 41.1 Å². The lowest BCUT2D eigenvalue weighted by molar-refractivity contribution is 0.0859. The number of oxime groups is 1. The van der Waals surface area contributed by atoms with Crippen LogP contribution in [0, 0.1) is 0 Å². The van der Waals surface area contributed by atoms with Crippen LogP contribution in [-0.4, -0.2) is 33.7 Å². The summed E-state index contributed by atoms with van der Waals surface area (Å²) in [6, 6.07) is 13.8. The van der Waals surface area contributed by atoms with Gasteiger partial charge in [0, 0.05) is 31.4 Å². The molecule has 0 radical (unpaired) electrons. The molecular formula is C19H18N4O2. The number of rotatable bonds is 5. The van der Waals surface area contributed by atoms with E-state index in [2.05, 4.69) is 27.6 Å². The normalized spacial score (nSPS) is 16.5. The number of hydrogen-bond donors (Lipinski definition) is 1. The van der Waals surface area contributed by atoms with Gasteiger partial charge in [0.2, 0.25) is 0 Å². The summed E-state index contributed by atoms with van der Waals surface area (Å²) in [7, 11) is 0. The van der Waals surface area contributed by atoms with Crippen LogP contribution in [0.15, 0.2) is 66.2 Å². The first-order valence-electron chi connectivity index (χ1n) is 8.25. The zero-order valence-electron chi connectivity index (χ0n) is 13.6. The smallest absolute Gasteiger partial charge is 0.255 e. The molecule has 4 rings (SSSR count). The predicted molar refractivity (Wildman–Crippen MR) is 94.6 cm³/mol. The van der Waals surface area contributed by atoms with Crippen LogP contribution in [0.5, 0.6) is 0 Å². The number of aromatic nitrogens is 2. The second kappa shape index (κ2) is 6.76. The van der Waals surface area contributed by atoms with E-state index in [4.69, 9.17) is 4.84 Å². The SMILES string of the molecule is O=C(NCC1=NOC(Cc2ccccc2)C1)c1cccn2ccnc12. The number of nitrogens with zero attached hydrogens (tertiary/aromatic N) is 3. The van der Waals surface area contributed by atoms with Crippen molar-refractivity contribution in [2.75, 3.05) is 6.54 Å². The lowest BCUT2D eigenvalue weighted by atomic mass is 10.0. The standard InChI is InChI=1S/C19H18N4O2/c24-19(17-7-4-9-23-10-8-20-18(17)23)21-13-15-12-16(25-22-15)11-14-5-2-1-3-6-14/h1-10,16H,11-13H2,(H,21,24). The zero-order valence-corrected chi connectivity index (χ0v) is 13.6. The molecule has 6 heteroatoms. The van der Waals surface area contributed by atoms with Crippen molar-refractivity contribution >= 4 is 17.3 Å². The number of benzene rings is 1. The highest BCUT2D eigenvalue weighted by Gasteiger charge is 2.22. The maximum absolute atomic E-state index is 12.4. The summed E-state index contributed by atoms with van der Waals surface area (Å²) in [4.78, 5) is 22.1. The fraction of sp³-hybridized carbons (Fsp3) is 0.211. The third kappa shape index (κ3) is 3.38. The lowest BCUT2D eigenvalue weighted by Crippen LogP contribution is -2.30. The van der Waals surface area contributed by atoms with Crippen LogP contribution in [0.3, 0.4) is 0 Å². The first-order valence-corrected chi connectivity index (χ1v) is 8.25. The lowest BCUT2D eigenvalue weighted by Gasteiger charge is -2.08. The minimum atomic E-state index is -0.161. The van der Waals surface area contributed by atoms with Crippen molar-refractivity contribution in [3.05, 3.63) is 72.2 Å². The molecule has 0 fully saturated rings. The molecule has 25 heavy (non-hydrogen) atoms. The van der Waals surface area contributed by atoms with E-state index in [1.165, 1.54) is 5.56 Å². The Morgan fingerprint density at radius 1 is 1.20 bits per heavy atom. The van der Waals surface area contributed by atoms with E-state index < -0.39 is 0 Å². The van der Waals surface area contributed by atoms with Gasteiger partial charge in [-0.25, -0.2) is 4.98 Å². The molecule has 1 amide bonds. The molecule has 2 aromatic heterocycles. The monoisotopic (exact) mass is 334 g/mol. The minimum absolute atomic E-state index is 0.0324. The van der Waals surface area contributed by atoms with Gasteiger partial charge in [0.25, 0.3) is 5.91 Å². The highest BCUT2D eigenvalue weighted by atomic mass is 16.6. The van der Waals surface area contributed by atoms with Crippen LogP contribution in [-0.2, 0) is 11.3 Å². The summed E-state index contributed by atoms with van der Waals surface area (Å²) in [5.74, 6) is -0.161. The van der Waals surface area contributed by atoms with Gasteiger partial charge in [-0.2, -0.15) is 0 Å². The van der Waals surface area contributed by atoms with Crippen molar-refractivity contribution in [2.45, 2.75) is 18.9 Å². The van der Waals surface area contributed by atoms with Crippen molar-refractivity contribution in [2.24, 2.45) is 5.16 Å². The molecule has 3 aromatic rings. The summed E-state index contributed by atoms with van der Waals surface area (Å²) < 4.78 is 1.82. The summed E-state index contributed by atoms with van der Waals surface area (Å²) in [5, 5.41) is 7.02. The average molecular weight is 334 g/mol. The Morgan fingerprint density at radius 2 is 2.08 bits per heavy atom. The van der Waals surface area contributed by atoms with E-state index in [0.717, 1.165) is 18.6 Å². The largest absolute Gasteiger partial charge is 0.392 e. The molecule has 0 saturated carbocycles. The number of carbonyl (C=O) groups excluding carboxylic acids is 1. The molecule has 1 unspecified atom stereocenters. The molecule has 1 aromatic carbocycles. The van der Waals surface area contributed by atoms with Crippen molar-refractivity contribution < 1.29 is 9.63 Å². The van der Waals surface area contributed by atoms with Gasteiger partial charge in [0.05, 0.1) is 17.8 Å². The van der Waals surface area contributed by atoms with Gasteiger partial charge in [0.1, 0.15) is 11.8 Å². The van der Waals surface area contributed by atoms with Crippen molar-refractivity contribution in [3.63, 3.8) is 0 Å². The van der Waals surface area contributed by atoms with Crippen molar-refractivity contribution in [1.82, 2.24) is 14.7 Å². The van der Waals surface area contributed by atoms with Gasteiger partial charge >= 0.3 is 0 Å². The Morgan fingerprint density at radius 3 is 2.96 bits per heavy atom. The van der Waals surface area contributed by atoms with Crippen molar-refractivity contribution in [1.29, 1.82) is 0 Å². The summed E-state index contributed by atoms with van der Waals surface area (Å²) in [6.45, 7) is 0.381. The van der Waals surface area contributed by atoms with Crippen LogP contribution >= 0.6 is 0 Å². The topological polar surface area (TPSA) is 68.0 Å². The number of fused-ring (bicyclic) bond motifs is 1. The Balaban J connectivity index is 1.33. The first kappa shape index (κ1) is 15.4. The molecule has 1 aliphatic heterocycles. The van der Waals surface area contributed by atoms with Crippen LogP contribution in [0.2, 0.25) is 0 Å². The van der Waals surface area contributed by atoms with Crippen LogP contribution in [0.1, 0.15) is 22.3 Å². The van der Waals surface area contributed by atoms with E-state index in [0.29, 0.717) is 17.8 Å². The van der Waals surface area contributed by atoms with E-state index in [9.17, 15) is 4.79 Å². The third-order valence-corrected chi connectivity index (χ3v) is 4.22. The van der Waals surface area contributed by atoms with Crippen molar-refractivity contribution in [3.8, 4) is 0 Å². The number of hydrogen-bond acceptors (Lipinski definition) is 4.